The zero-order chi connectivity index (χ0) is 13.0. The van der Waals surface area contributed by atoms with E-state index in [0.717, 1.165) is 38.4 Å². The normalized spacial score (nSPS) is 24.4. The lowest BCUT2D eigenvalue weighted by Gasteiger charge is -2.37. The summed E-state index contributed by atoms with van der Waals surface area (Å²) in [6, 6.07) is 0. The highest BCUT2D eigenvalue weighted by atomic mass is 16.2. The Bertz CT molecular complexity index is 276. The molecule has 2 fully saturated rings. The van der Waals surface area contributed by atoms with Crippen LogP contribution in [0.1, 0.15) is 51.9 Å². The maximum absolute atomic E-state index is 12.6. The van der Waals surface area contributed by atoms with Gasteiger partial charge in [-0.3, -0.25) is 4.79 Å². The van der Waals surface area contributed by atoms with Crippen molar-refractivity contribution in [3.8, 4) is 0 Å². The van der Waals surface area contributed by atoms with Crippen LogP contribution in [0.4, 0.5) is 0 Å². The average molecular weight is 252 g/mol. The SMILES string of the molecule is CNCCC1CCN(C(=O)C2(C)CCCC2)CC1. The summed E-state index contributed by atoms with van der Waals surface area (Å²) >= 11 is 0. The Morgan fingerprint density at radius 3 is 2.44 bits per heavy atom. The fraction of sp³-hybridized carbons (Fsp3) is 0.933. The Hall–Kier alpha value is -0.570. The van der Waals surface area contributed by atoms with E-state index in [1.807, 2.05) is 7.05 Å². The van der Waals surface area contributed by atoms with Crippen LogP contribution in [0.25, 0.3) is 0 Å². The van der Waals surface area contributed by atoms with Gasteiger partial charge in [-0.25, -0.2) is 0 Å². The standard InChI is InChI=1S/C15H28N2O/c1-15(8-3-4-9-15)14(18)17-11-6-13(7-12-17)5-10-16-2/h13,16H,3-12H2,1-2H3. The molecule has 3 nitrogen and oxygen atoms in total. The Morgan fingerprint density at radius 1 is 1.28 bits per heavy atom. The largest absolute Gasteiger partial charge is 0.342 e. The van der Waals surface area contributed by atoms with Gasteiger partial charge in [0.1, 0.15) is 0 Å². The molecule has 2 aliphatic rings. The molecule has 1 saturated heterocycles. The van der Waals surface area contributed by atoms with Gasteiger partial charge in [0.15, 0.2) is 0 Å². The van der Waals surface area contributed by atoms with Crippen LogP contribution in [0.5, 0.6) is 0 Å². The van der Waals surface area contributed by atoms with Gasteiger partial charge in [0, 0.05) is 18.5 Å². The van der Waals surface area contributed by atoms with E-state index in [1.165, 1.54) is 32.1 Å². The van der Waals surface area contributed by atoms with Crippen molar-refractivity contribution >= 4 is 5.91 Å². The maximum Gasteiger partial charge on any atom is 0.228 e. The van der Waals surface area contributed by atoms with E-state index in [4.69, 9.17) is 0 Å². The van der Waals surface area contributed by atoms with Crippen LogP contribution in [0.2, 0.25) is 0 Å². The molecule has 0 aromatic rings. The fourth-order valence-electron chi connectivity index (χ4n) is 3.52. The first-order valence-corrected chi connectivity index (χ1v) is 7.60. The van der Waals surface area contributed by atoms with Gasteiger partial charge in [0.05, 0.1) is 0 Å². The highest BCUT2D eigenvalue weighted by Crippen LogP contribution is 2.39. The van der Waals surface area contributed by atoms with Gasteiger partial charge in [-0.05, 0) is 51.6 Å². The number of likely N-dealkylation sites (tertiary alicyclic amines) is 1. The van der Waals surface area contributed by atoms with E-state index >= 15 is 0 Å². The van der Waals surface area contributed by atoms with Crippen LogP contribution in [0, 0.1) is 11.3 Å². The summed E-state index contributed by atoms with van der Waals surface area (Å²) in [5.41, 5.74) is -0.0299. The van der Waals surface area contributed by atoms with Gasteiger partial charge in [0.2, 0.25) is 5.91 Å². The van der Waals surface area contributed by atoms with E-state index in [9.17, 15) is 4.79 Å². The molecular formula is C15H28N2O. The molecule has 18 heavy (non-hydrogen) atoms. The van der Waals surface area contributed by atoms with Crippen LogP contribution in [-0.4, -0.2) is 37.5 Å². The molecule has 1 aliphatic heterocycles. The number of hydrogen-bond acceptors (Lipinski definition) is 2. The second kappa shape index (κ2) is 6.05. The second-order valence-electron chi connectivity index (χ2n) is 6.40. The minimum absolute atomic E-state index is 0.0299. The number of rotatable bonds is 4. The minimum atomic E-state index is -0.0299. The maximum atomic E-state index is 12.6. The zero-order valence-electron chi connectivity index (χ0n) is 12.0. The Balaban J connectivity index is 1.80. The van der Waals surface area contributed by atoms with E-state index in [2.05, 4.69) is 17.1 Å². The quantitative estimate of drug-likeness (QED) is 0.833. The lowest BCUT2D eigenvalue weighted by atomic mass is 9.85. The third-order valence-corrected chi connectivity index (χ3v) is 4.93. The molecule has 0 spiro atoms. The van der Waals surface area contributed by atoms with E-state index in [1.54, 1.807) is 0 Å². The number of piperidine rings is 1. The lowest BCUT2D eigenvalue weighted by molar-refractivity contribution is -0.142. The van der Waals surface area contributed by atoms with Crippen molar-refractivity contribution < 1.29 is 4.79 Å². The molecule has 1 amide bonds. The molecule has 0 aromatic carbocycles. The van der Waals surface area contributed by atoms with Crippen LogP contribution in [0.3, 0.4) is 0 Å². The summed E-state index contributed by atoms with van der Waals surface area (Å²) in [7, 11) is 2.01. The third-order valence-electron chi connectivity index (χ3n) is 4.93. The molecule has 0 radical (unpaired) electrons. The first-order chi connectivity index (χ1) is 8.65. The van der Waals surface area contributed by atoms with Gasteiger partial charge in [0.25, 0.3) is 0 Å². The summed E-state index contributed by atoms with van der Waals surface area (Å²) in [5.74, 6) is 1.25. The number of carbonyl (C=O) groups excluding carboxylic acids is 1. The van der Waals surface area contributed by atoms with Gasteiger partial charge in [-0.2, -0.15) is 0 Å². The smallest absolute Gasteiger partial charge is 0.228 e. The van der Waals surface area contributed by atoms with Gasteiger partial charge in [-0.15, -0.1) is 0 Å². The molecule has 0 aromatic heterocycles. The first-order valence-electron chi connectivity index (χ1n) is 7.60. The van der Waals surface area contributed by atoms with Crippen molar-refractivity contribution in [1.82, 2.24) is 10.2 Å². The molecule has 0 unspecified atom stereocenters. The Labute approximate surface area is 111 Å². The van der Waals surface area contributed by atoms with Crippen molar-refractivity contribution in [2.24, 2.45) is 11.3 Å². The topological polar surface area (TPSA) is 32.3 Å². The predicted octanol–water partition coefficient (Wildman–Crippen LogP) is 2.41. The molecule has 2 rings (SSSR count). The molecule has 3 heteroatoms. The van der Waals surface area contributed by atoms with Gasteiger partial charge >= 0.3 is 0 Å². The number of carbonyl (C=O) groups is 1. The summed E-state index contributed by atoms with van der Waals surface area (Å²) < 4.78 is 0. The molecular weight excluding hydrogens is 224 g/mol. The third kappa shape index (κ3) is 3.05. The monoisotopic (exact) mass is 252 g/mol. The van der Waals surface area contributed by atoms with Crippen molar-refractivity contribution in [2.45, 2.75) is 51.9 Å². The highest BCUT2D eigenvalue weighted by molar-refractivity contribution is 5.82. The zero-order valence-corrected chi connectivity index (χ0v) is 12.0. The average Bonchev–Trinajstić information content (AvgIpc) is 2.84. The minimum Gasteiger partial charge on any atom is -0.342 e. The number of nitrogens with one attached hydrogen (secondary N) is 1. The summed E-state index contributed by atoms with van der Waals surface area (Å²) in [6.45, 7) is 5.26. The van der Waals surface area contributed by atoms with E-state index in [-0.39, 0.29) is 5.41 Å². The Morgan fingerprint density at radius 2 is 1.89 bits per heavy atom. The number of nitrogens with zero attached hydrogens (tertiary/aromatic N) is 1. The summed E-state index contributed by atoms with van der Waals surface area (Å²) in [5, 5.41) is 3.22. The molecule has 1 aliphatic carbocycles. The molecule has 0 atom stereocenters. The molecule has 104 valence electrons. The molecule has 1 N–H and O–H groups in total. The summed E-state index contributed by atoms with van der Waals surface area (Å²) in [6.07, 6.45) is 8.33. The number of hydrogen-bond donors (Lipinski definition) is 1. The van der Waals surface area contributed by atoms with Gasteiger partial charge < -0.3 is 10.2 Å². The van der Waals surface area contributed by atoms with E-state index < -0.39 is 0 Å². The van der Waals surface area contributed by atoms with Crippen molar-refractivity contribution in [3.05, 3.63) is 0 Å². The predicted molar refractivity (Wildman–Crippen MR) is 74.4 cm³/mol. The first kappa shape index (κ1) is 13.9. The lowest BCUT2D eigenvalue weighted by Crippen LogP contribution is -2.45. The molecule has 0 bridgehead atoms. The Kier molecular flexibility index (Phi) is 4.66. The van der Waals surface area contributed by atoms with Crippen LogP contribution >= 0.6 is 0 Å². The fourth-order valence-corrected chi connectivity index (χ4v) is 3.52. The van der Waals surface area contributed by atoms with Crippen LogP contribution in [-0.2, 0) is 4.79 Å². The van der Waals surface area contributed by atoms with Crippen LogP contribution < -0.4 is 5.32 Å². The van der Waals surface area contributed by atoms with Crippen molar-refractivity contribution in [1.29, 1.82) is 0 Å². The number of amides is 1. The van der Waals surface area contributed by atoms with E-state index in [0.29, 0.717) is 5.91 Å². The van der Waals surface area contributed by atoms with Crippen molar-refractivity contribution in [2.75, 3.05) is 26.7 Å². The van der Waals surface area contributed by atoms with Crippen LogP contribution in [0.15, 0.2) is 0 Å². The second-order valence-corrected chi connectivity index (χ2v) is 6.40. The molecule has 1 saturated carbocycles. The molecule has 1 heterocycles. The highest BCUT2D eigenvalue weighted by Gasteiger charge is 2.39. The van der Waals surface area contributed by atoms with Crippen molar-refractivity contribution in [3.63, 3.8) is 0 Å². The summed E-state index contributed by atoms with van der Waals surface area (Å²) in [4.78, 5) is 14.7. The van der Waals surface area contributed by atoms with Gasteiger partial charge in [-0.1, -0.05) is 19.8 Å².